The molecule has 0 spiro atoms. The number of rotatable bonds is 5. The smallest absolute Gasteiger partial charge is 0.157 e. The van der Waals surface area contributed by atoms with Crippen LogP contribution in [0.5, 0.6) is 0 Å². The molecule has 0 fully saturated rings. The van der Waals surface area contributed by atoms with Gasteiger partial charge in [-0.25, -0.2) is 9.97 Å². The molecule has 0 saturated carbocycles. The fraction of sp³-hybridized carbons (Fsp3) is 0.286. The Balaban J connectivity index is 2.43. The second-order valence-corrected chi connectivity index (χ2v) is 4.46. The van der Waals surface area contributed by atoms with Crippen LogP contribution >= 0.6 is 11.6 Å². The molecule has 0 saturated heterocycles. The molecule has 1 aromatic heterocycles. The monoisotopic (exact) mass is 277 g/mol. The van der Waals surface area contributed by atoms with Gasteiger partial charge in [0.25, 0.3) is 0 Å². The molecule has 4 nitrogen and oxygen atoms in total. The van der Waals surface area contributed by atoms with Gasteiger partial charge in [-0.05, 0) is 19.1 Å². The largest absolute Gasteiger partial charge is 0.377 e. The minimum Gasteiger partial charge on any atom is -0.377 e. The predicted molar refractivity (Wildman–Crippen MR) is 77.4 cm³/mol. The van der Waals surface area contributed by atoms with Crippen LogP contribution in [0.15, 0.2) is 30.3 Å². The number of anilines is 1. The first-order valence-corrected chi connectivity index (χ1v) is 6.47. The van der Waals surface area contributed by atoms with E-state index in [1.807, 2.05) is 37.3 Å². The fourth-order valence-electron chi connectivity index (χ4n) is 1.76. The van der Waals surface area contributed by atoms with Gasteiger partial charge in [-0.15, -0.1) is 0 Å². The van der Waals surface area contributed by atoms with Crippen LogP contribution in [0.4, 0.5) is 5.82 Å². The second-order valence-electron chi connectivity index (χ2n) is 4.03. The molecule has 1 heterocycles. The summed E-state index contributed by atoms with van der Waals surface area (Å²) in [6.45, 7) is 3.21. The Bertz CT molecular complexity index is 536. The first-order chi connectivity index (χ1) is 9.22. The van der Waals surface area contributed by atoms with Gasteiger partial charge in [0.15, 0.2) is 5.82 Å². The number of aromatic nitrogens is 2. The van der Waals surface area contributed by atoms with Gasteiger partial charge in [0.1, 0.15) is 12.4 Å². The predicted octanol–water partition coefficient (Wildman–Crippen LogP) is 3.38. The van der Waals surface area contributed by atoms with Crippen molar-refractivity contribution in [1.29, 1.82) is 0 Å². The number of methoxy groups -OCH3 is 1. The first-order valence-electron chi connectivity index (χ1n) is 6.09. The Kier molecular flexibility index (Phi) is 4.71. The van der Waals surface area contributed by atoms with Crippen LogP contribution in [0, 0.1) is 0 Å². The average Bonchev–Trinajstić information content (AvgIpc) is 2.39. The Morgan fingerprint density at radius 1 is 1.26 bits per heavy atom. The van der Waals surface area contributed by atoms with E-state index in [1.165, 1.54) is 0 Å². The third-order valence-electron chi connectivity index (χ3n) is 2.52. The van der Waals surface area contributed by atoms with Crippen molar-refractivity contribution in [2.45, 2.75) is 13.5 Å². The molecule has 0 aliphatic carbocycles. The minimum absolute atomic E-state index is 0.382. The molecule has 2 rings (SSSR count). The Morgan fingerprint density at radius 2 is 2.11 bits per heavy atom. The summed E-state index contributed by atoms with van der Waals surface area (Å²) in [5.74, 6) is 1.44. The number of hydrogen-bond acceptors (Lipinski definition) is 4. The van der Waals surface area contributed by atoms with Crippen LogP contribution in [0.3, 0.4) is 0 Å². The zero-order valence-corrected chi connectivity index (χ0v) is 11.7. The highest BCUT2D eigenvalue weighted by Gasteiger charge is 2.06. The third-order valence-corrected chi connectivity index (χ3v) is 2.76. The Labute approximate surface area is 117 Å². The minimum atomic E-state index is 0.382. The van der Waals surface area contributed by atoms with E-state index < -0.39 is 0 Å². The summed E-state index contributed by atoms with van der Waals surface area (Å²) in [4.78, 5) is 8.86. The Morgan fingerprint density at radius 3 is 2.79 bits per heavy atom. The lowest BCUT2D eigenvalue weighted by molar-refractivity contribution is 0.178. The van der Waals surface area contributed by atoms with Crippen molar-refractivity contribution in [2.75, 3.05) is 19.0 Å². The molecule has 5 heteroatoms. The SMILES string of the molecule is CCNc1cc(-c2cccc(Cl)c2)nc(COC)n1. The molecule has 2 aromatic rings. The standard InChI is InChI=1S/C14H16ClN3O/c1-3-16-13-8-12(17-14(18-13)9-19-2)10-5-4-6-11(15)7-10/h4-8H,3,9H2,1-2H3,(H,16,17,18). The van der Waals surface area contributed by atoms with Crippen molar-refractivity contribution in [3.8, 4) is 11.3 Å². The van der Waals surface area contributed by atoms with Crippen molar-refractivity contribution in [1.82, 2.24) is 9.97 Å². The van der Waals surface area contributed by atoms with Gasteiger partial charge in [0.2, 0.25) is 0 Å². The number of halogens is 1. The molecule has 100 valence electrons. The molecule has 1 aromatic carbocycles. The molecule has 0 unspecified atom stereocenters. The molecule has 0 aliphatic heterocycles. The topological polar surface area (TPSA) is 47.0 Å². The van der Waals surface area contributed by atoms with Crippen LogP contribution < -0.4 is 5.32 Å². The van der Waals surface area contributed by atoms with Crippen molar-refractivity contribution in [3.05, 3.63) is 41.2 Å². The van der Waals surface area contributed by atoms with Crippen LogP contribution in [0.2, 0.25) is 5.02 Å². The van der Waals surface area contributed by atoms with E-state index in [0.29, 0.717) is 17.5 Å². The molecular formula is C14H16ClN3O. The van der Waals surface area contributed by atoms with E-state index in [0.717, 1.165) is 23.6 Å². The van der Waals surface area contributed by atoms with Crippen LogP contribution in [0.1, 0.15) is 12.7 Å². The zero-order chi connectivity index (χ0) is 13.7. The highest BCUT2D eigenvalue weighted by molar-refractivity contribution is 6.30. The van der Waals surface area contributed by atoms with E-state index in [-0.39, 0.29) is 0 Å². The molecule has 1 N–H and O–H groups in total. The summed E-state index contributed by atoms with van der Waals surface area (Å²) in [5, 5.41) is 3.88. The van der Waals surface area contributed by atoms with Gasteiger partial charge in [-0.3, -0.25) is 0 Å². The molecule has 0 radical (unpaired) electrons. The van der Waals surface area contributed by atoms with Crippen molar-refractivity contribution in [2.24, 2.45) is 0 Å². The van der Waals surface area contributed by atoms with E-state index in [1.54, 1.807) is 7.11 Å². The molecule has 0 bridgehead atoms. The third kappa shape index (κ3) is 3.66. The number of nitrogens with zero attached hydrogens (tertiary/aromatic N) is 2. The first kappa shape index (κ1) is 13.8. The molecule has 0 aliphatic rings. The van der Waals surface area contributed by atoms with Gasteiger partial charge in [-0.2, -0.15) is 0 Å². The molecule has 0 amide bonds. The van der Waals surface area contributed by atoms with Gasteiger partial charge in [0, 0.05) is 30.3 Å². The molecular weight excluding hydrogens is 262 g/mol. The quantitative estimate of drug-likeness (QED) is 0.910. The van der Waals surface area contributed by atoms with Crippen LogP contribution in [-0.2, 0) is 11.3 Å². The Hall–Kier alpha value is -1.65. The van der Waals surface area contributed by atoms with Crippen molar-refractivity contribution >= 4 is 17.4 Å². The zero-order valence-electron chi connectivity index (χ0n) is 11.0. The molecule has 0 atom stereocenters. The number of hydrogen-bond donors (Lipinski definition) is 1. The second kappa shape index (κ2) is 6.50. The summed E-state index contributed by atoms with van der Waals surface area (Å²) in [6, 6.07) is 9.52. The average molecular weight is 278 g/mol. The van der Waals surface area contributed by atoms with Gasteiger partial charge < -0.3 is 10.1 Å². The number of nitrogens with one attached hydrogen (secondary N) is 1. The van der Waals surface area contributed by atoms with Crippen molar-refractivity contribution < 1.29 is 4.74 Å². The maximum atomic E-state index is 6.01. The van der Waals surface area contributed by atoms with Crippen LogP contribution in [0.25, 0.3) is 11.3 Å². The van der Waals surface area contributed by atoms with E-state index in [9.17, 15) is 0 Å². The summed E-state index contributed by atoms with van der Waals surface area (Å²) in [6.07, 6.45) is 0. The fourth-order valence-corrected chi connectivity index (χ4v) is 1.95. The highest BCUT2D eigenvalue weighted by Crippen LogP contribution is 2.23. The van der Waals surface area contributed by atoms with E-state index in [2.05, 4.69) is 15.3 Å². The number of benzene rings is 1. The summed E-state index contributed by atoms with van der Waals surface area (Å²) < 4.78 is 5.10. The lowest BCUT2D eigenvalue weighted by Gasteiger charge is -2.09. The highest BCUT2D eigenvalue weighted by atomic mass is 35.5. The van der Waals surface area contributed by atoms with E-state index >= 15 is 0 Å². The summed E-state index contributed by atoms with van der Waals surface area (Å²) >= 11 is 6.01. The maximum Gasteiger partial charge on any atom is 0.157 e. The van der Waals surface area contributed by atoms with Gasteiger partial charge >= 0.3 is 0 Å². The maximum absolute atomic E-state index is 6.01. The number of ether oxygens (including phenoxy) is 1. The lowest BCUT2D eigenvalue weighted by atomic mass is 10.1. The van der Waals surface area contributed by atoms with Crippen LogP contribution in [-0.4, -0.2) is 23.6 Å². The summed E-state index contributed by atoms with van der Waals surface area (Å²) in [5.41, 5.74) is 1.80. The van der Waals surface area contributed by atoms with Gasteiger partial charge in [-0.1, -0.05) is 23.7 Å². The van der Waals surface area contributed by atoms with Crippen molar-refractivity contribution in [3.63, 3.8) is 0 Å². The lowest BCUT2D eigenvalue weighted by Crippen LogP contribution is -2.05. The van der Waals surface area contributed by atoms with Gasteiger partial charge in [0.05, 0.1) is 5.69 Å². The normalized spacial score (nSPS) is 10.5. The summed E-state index contributed by atoms with van der Waals surface area (Å²) in [7, 11) is 1.63. The van der Waals surface area contributed by atoms with E-state index in [4.69, 9.17) is 16.3 Å². The molecule has 19 heavy (non-hydrogen) atoms.